The molecule has 0 saturated heterocycles. The first kappa shape index (κ1) is 24.1. The number of primary amides is 1. The van der Waals surface area contributed by atoms with Gasteiger partial charge in [-0.3, -0.25) is 4.79 Å². The first-order chi connectivity index (χ1) is 15.6. The van der Waals surface area contributed by atoms with Gasteiger partial charge in [0.15, 0.2) is 6.10 Å². The third-order valence-corrected chi connectivity index (χ3v) is 5.38. The second kappa shape index (κ2) is 9.95. The summed E-state index contributed by atoms with van der Waals surface area (Å²) in [5, 5.41) is 9.81. The number of nitrogens with two attached hydrogens (primary N) is 1. The van der Waals surface area contributed by atoms with E-state index in [-0.39, 0.29) is 6.54 Å². The van der Waals surface area contributed by atoms with Crippen molar-refractivity contribution in [3.63, 3.8) is 0 Å². The number of amides is 1. The third kappa shape index (κ3) is 6.04. The van der Waals surface area contributed by atoms with Crippen LogP contribution in [0.2, 0.25) is 0 Å². The standard InChI is InChI=1S/C25H25F3N2O3/c1-16-11-12-21(24(29)32)17(2)22(16)14-30(15-23(31)25(26,27)28)18-7-6-10-20(13-18)33-19-8-4-3-5-9-19/h3-13,23,31H,14-15H2,1-2H3,(H2,29,32). The molecule has 0 aliphatic carbocycles. The van der Waals surface area contributed by atoms with Crippen LogP contribution in [0.1, 0.15) is 27.0 Å². The molecule has 1 amide bonds. The van der Waals surface area contributed by atoms with Crippen LogP contribution in [0.15, 0.2) is 66.7 Å². The van der Waals surface area contributed by atoms with Crippen LogP contribution in [-0.4, -0.2) is 29.8 Å². The number of rotatable bonds is 8. The van der Waals surface area contributed by atoms with Crippen LogP contribution in [0.25, 0.3) is 0 Å². The van der Waals surface area contributed by atoms with Crippen LogP contribution < -0.4 is 15.4 Å². The minimum atomic E-state index is -4.78. The molecule has 0 aromatic heterocycles. The normalized spacial score (nSPS) is 12.3. The SMILES string of the molecule is Cc1ccc(C(N)=O)c(C)c1CN(CC(O)C(F)(F)F)c1cccc(Oc2ccccc2)c1. The summed E-state index contributed by atoms with van der Waals surface area (Å²) in [7, 11) is 0. The average Bonchev–Trinajstić information content (AvgIpc) is 2.75. The molecule has 174 valence electrons. The van der Waals surface area contributed by atoms with Crippen molar-refractivity contribution in [3.8, 4) is 11.5 Å². The number of carbonyl (C=O) groups is 1. The number of benzene rings is 3. The summed E-state index contributed by atoms with van der Waals surface area (Å²) in [6.07, 6.45) is -7.34. The molecular formula is C25H25F3N2O3. The molecule has 0 aliphatic rings. The Balaban J connectivity index is 1.99. The molecule has 3 aromatic carbocycles. The molecule has 3 N–H and O–H groups in total. The van der Waals surface area contributed by atoms with E-state index in [9.17, 15) is 23.1 Å². The Labute approximate surface area is 190 Å². The highest BCUT2D eigenvalue weighted by molar-refractivity contribution is 5.94. The van der Waals surface area contributed by atoms with E-state index in [1.807, 2.05) is 18.2 Å². The largest absolute Gasteiger partial charge is 0.457 e. The second-order valence-corrected chi connectivity index (χ2v) is 7.75. The number of anilines is 1. The van der Waals surface area contributed by atoms with Gasteiger partial charge in [-0.05, 0) is 60.9 Å². The summed E-state index contributed by atoms with van der Waals surface area (Å²) in [5.74, 6) is 0.399. The van der Waals surface area contributed by atoms with Crippen LogP contribution in [-0.2, 0) is 6.54 Å². The van der Waals surface area contributed by atoms with E-state index in [4.69, 9.17) is 10.5 Å². The fourth-order valence-corrected chi connectivity index (χ4v) is 3.54. The lowest BCUT2D eigenvalue weighted by molar-refractivity contribution is -0.200. The second-order valence-electron chi connectivity index (χ2n) is 7.75. The first-order valence-corrected chi connectivity index (χ1v) is 10.3. The first-order valence-electron chi connectivity index (χ1n) is 10.3. The number of hydrogen-bond acceptors (Lipinski definition) is 4. The van der Waals surface area contributed by atoms with Crippen LogP contribution in [0.5, 0.6) is 11.5 Å². The molecule has 0 spiro atoms. The highest BCUT2D eigenvalue weighted by Gasteiger charge is 2.39. The Morgan fingerprint density at radius 3 is 2.33 bits per heavy atom. The quantitative estimate of drug-likeness (QED) is 0.491. The fourth-order valence-electron chi connectivity index (χ4n) is 3.54. The summed E-state index contributed by atoms with van der Waals surface area (Å²) in [4.78, 5) is 13.2. The maximum Gasteiger partial charge on any atom is 0.416 e. The van der Waals surface area contributed by atoms with Crippen molar-refractivity contribution in [2.24, 2.45) is 5.73 Å². The number of halogens is 3. The summed E-state index contributed by atoms with van der Waals surface area (Å²) >= 11 is 0. The summed E-state index contributed by atoms with van der Waals surface area (Å²) in [6, 6.07) is 18.9. The Hall–Kier alpha value is -3.52. The molecule has 33 heavy (non-hydrogen) atoms. The smallest absolute Gasteiger partial charge is 0.416 e. The summed E-state index contributed by atoms with van der Waals surface area (Å²) in [6.45, 7) is 2.84. The zero-order valence-corrected chi connectivity index (χ0v) is 18.3. The maximum absolute atomic E-state index is 13.2. The number of aryl methyl sites for hydroxylation is 1. The highest BCUT2D eigenvalue weighted by atomic mass is 19.4. The van der Waals surface area contributed by atoms with Crippen molar-refractivity contribution < 1.29 is 27.8 Å². The Kier molecular flexibility index (Phi) is 7.28. The molecule has 8 heteroatoms. The Morgan fingerprint density at radius 2 is 1.70 bits per heavy atom. The van der Waals surface area contributed by atoms with E-state index >= 15 is 0 Å². The number of alkyl halides is 3. The van der Waals surface area contributed by atoms with Crippen LogP contribution in [0, 0.1) is 13.8 Å². The van der Waals surface area contributed by atoms with E-state index in [0.717, 1.165) is 5.56 Å². The van der Waals surface area contributed by atoms with Gasteiger partial charge in [-0.15, -0.1) is 0 Å². The molecule has 1 atom stereocenters. The Bertz CT molecular complexity index is 1120. The van der Waals surface area contributed by atoms with Crippen molar-refractivity contribution in [1.29, 1.82) is 0 Å². The minimum absolute atomic E-state index is 0.0285. The molecule has 0 radical (unpaired) electrons. The Morgan fingerprint density at radius 1 is 1.03 bits per heavy atom. The third-order valence-electron chi connectivity index (χ3n) is 5.38. The lowest BCUT2D eigenvalue weighted by Gasteiger charge is -2.30. The van der Waals surface area contributed by atoms with Gasteiger partial charge in [0, 0.05) is 23.9 Å². The maximum atomic E-state index is 13.2. The molecule has 3 aromatic rings. The van der Waals surface area contributed by atoms with E-state index < -0.39 is 24.7 Å². The van der Waals surface area contributed by atoms with Gasteiger partial charge in [-0.1, -0.05) is 30.3 Å². The number of aliphatic hydroxyl groups excluding tert-OH is 1. The molecule has 5 nitrogen and oxygen atoms in total. The van der Waals surface area contributed by atoms with Gasteiger partial charge < -0.3 is 20.5 Å². The molecule has 3 rings (SSSR count). The van der Waals surface area contributed by atoms with E-state index in [1.165, 1.54) is 4.90 Å². The molecule has 0 fully saturated rings. The molecule has 0 saturated carbocycles. The summed E-state index contributed by atoms with van der Waals surface area (Å²) < 4.78 is 45.4. The predicted octanol–water partition coefficient (Wildman–Crippen LogP) is 5.12. The zero-order valence-electron chi connectivity index (χ0n) is 18.3. The van der Waals surface area contributed by atoms with Gasteiger partial charge >= 0.3 is 6.18 Å². The van der Waals surface area contributed by atoms with Crippen LogP contribution in [0.4, 0.5) is 18.9 Å². The van der Waals surface area contributed by atoms with E-state index in [1.54, 1.807) is 62.4 Å². The fraction of sp³-hybridized carbons (Fsp3) is 0.240. The van der Waals surface area contributed by atoms with Gasteiger partial charge in [-0.2, -0.15) is 13.2 Å². The van der Waals surface area contributed by atoms with Gasteiger partial charge in [0.2, 0.25) is 5.91 Å². The lowest BCUT2D eigenvalue weighted by Crippen LogP contribution is -2.41. The van der Waals surface area contributed by atoms with Crippen molar-refractivity contribution in [2.75, 3.05) is 11.4 Å². The molecule has 0 bridgehead atoms. The topological polar surface area (TPSA) is 75.8 Å². The van der Waals surface area contributed by atoms with Crippen molar-refractivity contribution in [2.45, 2.75) is 32.7 Å². The predicted molar refractivity (Wildman–Crippen MR) is 121 cm³/mol. The molecular weight excluding hydrogens is 433 g/mol. The monoisotopic (exact) mass is 458 g/mol. The van der Waals surface area contributed by atoms with Crippen molar-refractivity contribution >= 4 is 11.6 Å². The van der Waals surface area contributed by atoms with E-state index in [2.05, 4.69) is 0 Å². The van der Waals surface area contributed by atoms with Crippen LogP contribution in [0.3, 0.4) is 0 Å². The number of carbonyl (C=O) groups excluding carboxylic acids is 1. The molecule has 1 unspecified atom stereocenters. The van der Waals surface area contributed by atoms with Crippen molar-refractivity contribution in [3.05, 3.63) is 89.0 Å². The van der Waals surface area contributed by atoms with Crippen LogP contribution >= 0.6 is 0 Å². The summed E-state index contributed by atoms with van der Waals surface area (Å²) in [5.41, 5.74) is 8.22. The lowest BCUT2D eigenvalue weighted by atomic mass is 9.96. The molecule has 0 heterocycles. The van der Waals surface area contributed by atoms with Gasteiger partial charge in [-0.25, -0.2) is 0 Å². The number of nitrogens with zero attached hydrogens (tertiary/aromatic N) is 1. The average molecular weight is 458 g/mol. The van der Waals surface area contributed by atoms with Gasteiger partial charge in [0.05, 0.1) is 6.54 Å². The number of hydrogen-bond donors (Lipinski definition) is 2. The van der Waals surface area contributed by atoms with E-state index in [0.29, 0.717) is 33.9 Å². The van der Waals surface area contributed by atoms with Gasteiger partial charge in [0.25, 0.3) is 0 Å². The molecule has 0 aliphatic heterocycles. The number of ether oxygens (including phenoxy) is 1. The zero-order chi connectivity index (χ0) is 24.2. The van der Waals surface area contributed by atoms with Crippen molar-refractivity contribution in [1.82, 2.24) is 0 Å². The van der Waals surface area contributed by atoms with Gasteiger partial charge in [0.1, 0.15) is 11.5 Å². The highest BCUT2D eigenvalue weighted by Crippen LogP contribution is 2.30. The number of aliphatic hydroxyl groups is 1. The number of para-hydroxylation sites is 1. The minimum Gasteiger partial charge on any atom is -0.457 e.